The number of hydrogen-bond acceptors (Lipinski definition) is 5. The lowest BCUT2D eigenvalue weighted by molar-refractivity contribution is 0.359. The topological polar surface area (TPSA) is 51.0 Å². The second kappa shape index (κ2) is 6.30. The third kappa shape index (κ3) is 3.42. The number of aromatic nitrogens is 2. The summed E-state index contributed by atoms with van der Waals surface area (Å²) in [5, 5.41) is 9.64. The van der Waals surface area contributed by atoms with Crippen molar-refractivity contribution in [1.29, 1.82) is 0 Å². The van der Waals surface area contributed by atoms with Gasteiger partial charge in [0.05, 0.1) is 0 Å². The van der Waals surface area contributed by atoms with Crippen molar-refractivity contribution in [2.45, 2.75) is 38.0 Å². The van der Waals surface area contributed by atoms with Gasteiger partial charge in [0.2, 0.25) is 5.89 Å². The molecule has 19 heavy (non-hydrogen) atoms. The highest BCUT2D eigenvalue weighted by atomic mass is 32.1. The van der Waals surface area contributed by atoms with Crippen LogP contribution in [0.1, 0.15) is 41.8 Å². The second-order valence-corrected chi connectivity index (χ2v) is 6.05. The zero-order valence-electron chi connectivity index (χ0n) is 11.0. The fourth-order valence-corrected chi connectivity index (χ4v) is 3.23. The summed E-state index contributed by atoms with van der Waals surface area (Å²) in [4.78, 5) is 5.97. The van der Waals surface area contributed by atoms with E-state index in [4.69, 9.17) is 4.52 Å². The van der Waals surface area contributed by atoms with Crippen LogP contribution in [-0.4, -0.2) is 23.2 Å². The molecule has 1 saturated heterocycles. The monoisotopic (exact) mass is 277 g/mol. The minimum absolute atomic E-state index is 0.434. The molecule has 0 aromatic carbocycles. The van der Waals surface area contributed by atoms with Gasteiger partial charge in [0.15, 0.2) is 5.82 Å². The Morgan fingerprint density at radius 2 is 2.42 bits per heavy atom. The first-order chi connectivity index (χ1) is 9.42. The van der Waals surface area contributed by atoms with E-state index in [1.54, 1.807) is 0 Å². The zero-order valence-corrected chi connectivity index (χ0v) is 11.8. The van der Waals surface area contributed by atoms with Gasteiger partial charge in [0.1, 0.15) is 0 Å². The van der Waals surface area contributed by atoms with E-state index in [-0.39, 0.29) is 0 Å². The Balaban J connectivity index is 1.50. The number of hydrogen-bond donors (Lipinski definition) is 1. The van der Waals surface area contributed by atoms with Crippen LogP contribution in [0.15, 0.2) is 22.0 Å². The van der Waals surface area contributed by atoms with Gasteiger partial charge in [0.25, 0.3) is 0 Å². The summed E-state index contributed by atoms with van der Waals surface area (Å²) in [7, 11) is 0. The Hall–Kier alpha value is -1.20. The quantitative estimate of drug-likeness (QED) is 0.913. The Morgan fingerprint density at radius 1 is 1.42 bits per heavy atom. The molecule has 0 saturated carbocycles. The van der Waals surface area contributed by atoms with Crippen LogP contribution in [0.4, 0.5) is 0 Å². The molecule has 1 unspecified atom stereocenters. The van der Waals surface area contributed by atoms with E-state index in [9.17, 15) is 0 Å². The summed E-state index contributed by atoms with van der Waals surface area (Å²) < 4.78 is 5.35. The standard InChI is InChI=1S/C14H19N3OS/c1(5-12-6-3-9-19-12)7-13-16-14(17-18-13)11-4-2-8-15-10-11/h3,6,9,11,15H,1-2,4-5,7-8,10H2. The predicted octanol–water partition coefficient (Wildman–Crippen LogP) is 2.77. The average molecular weight is 277 g/mol. The summed E-state index contributed by atoms with van der Waals surface area (Å²) in [6.07, 6.45) is 5.42. The summed E-state index contributed by atoms with van der Waals surface area (Å²) >= 11 is 1.81. The molecule has 2 aromatic heterocycles. The van der Waals surface area contributed by atoms with Crippen molar-refractivity contribution in [2.24, 2.45) is 0 Å². The molecule has 0 spiro atoms. The van der Waals surface area contributed by atoms with Crippen LogP contribution in [0.3, 0.4) is 0 Å². The van der Waals surface area contributed by atoms with Gasteiger partial charge >= 0.3 is 0 Å². The highest BCUT2D eigenvalue weighted by Crippen LogP contribution is 2.21. The predicted molar refractivity (Wildman–Crippen MR) is 75.5 cm³/mol. The molecule has 3 rings (SSSR count). The van der Waals surface area contributed by atoms with Gasteiger partial charge in [-0.1, -0.05) is 11.2 Å². The van der Waals surface area contributed by atoms with Crippen molar-refractivity contribution in [3.8, 4) is 0 Å². The number of nitrogens with one attached hydrogen (secondary N) is 1. The molecule has 102 valence electrons. The van der Waals surface area contributed by atoms with Gasteiger partial charge in [-0.05, 0) is 43.7 Å². The van der Waals surface area contributed by atoms with E-state index in [2.05, 4.69) is 33.0 Å². The van der Waals surface area contributed by atoms with Crippen molar-refractivity contribution in [2.75, 3.05) is 13.1 Å². The smallest absolute Gasteiger partial charge is 0.226 e. The lowest BCUT2D eigenvalue weighted by Gasteiger charge is -2.19. The summed E-state index contributed by atoms with van der Waals surface area (Å²) in [6.45, 7) is 2.09. The molecule has 1 fully saturated rings. The van der Waals surface area contributed by atoms with Crippen LogP contribution in [0.25, 0.3) is 0 Å². The number of piperidine rings is 1. The Kier molecular flexibility index (Phi) is 4.25. The van der Waals surface area contributed by atoms with Crippen LogP contribution in [0, 0.1) is 0 Å². The van der Waals surface area contributed by atoms with E-state index in [0.29, 0.717) is 5.92 Å². The highest BCUT2D eigenvalue weighted by Gasteiger charge is 2.20. The van der Waals surface area contributed by atoms with Crippen molar-refractivity contribution in [3.05, 3.63) is 34.1 Å². The van der Waals surface area contributed by atoms with Crippen LogP contribution in [0.2, 0.25) is 0 Å². The van der Waals surface area contributed by atoms with E-state index < -0.39 is 0 Å². The molecule has 1 N–H and O–H groups in total. The zero-order chi connectivity index (χ0) is 12.9. The SMILES string of the molecule is c1csc(CCCc2nc(C3CCCNC3)no2)c1. The lowest BCUT2D eigenvalue weighted by atomic mass is 9.99. The average Bonchev–Trinajstić information content (AvgIpc) is 3.11. The Morgan fingerprint density at radius 3 is 3.21 bits per heavy atom. The number of nitrogens with zero attached hydrogens (tertiary/aromatic N) is 2. The third-order valence-corrected chi connectivity index (χ3v) is 4.48. The maximum atomic E-state index is 5.35. The minimum Gasteiger partial charge on any atom is -0.339 e. The Labute approximate surface area is 117 Å². The largest absolute Gasteiger partial charge is 0.339 e. The maximum Gasteiger partial charge on any atom is 0.226 e. The van der Waals surface area contributed by atoms with Gasteiger partial charge in [-0.25, -0.2) is 0 Å². The summed E-state index contributed by atoms with van der Waals surface area (Å²) in [6, 6.07) is 4.28. The molecule has 0 bridgehead atoms. The Bertz CT molecular complexity index is 489. The highest BCUT2D eigenvalue weighted by molar-refractivity contribution is 7.09. The molecule has 0 amide bonds. The van der Waals surface area contributed by atoms with Crippen molar-refractivity contribution in [1.82, 2.24) is 15.5 Å². The first-order valence-electron chi connectivity index (χ1n) is 6.97. The van der Waals surface area contributed by atoms with Crippen LogP contribution >= 0.6 is 11.3 Å². The lowest BCUT2D eigenvalue weighted by Crippen LogP contribution is -2.28. The third-order valence-electron chi connectivity index (χ3n) is 3.54. The first-order valence-corrected chi connectivity index (χ1v) is 7.85. The van der Waals surface area contributed by atoms with E-state index >= 15 is 0 Å². The fourth-order valence-electron chi connectivity index (χ4n) is 2.48. The van der Waals surface area contributed by atoms with Gasteiger partial charge in [-0.2, -0.15) is 4.98 Å². The van der Waals surface area contributed by atoms with Gasteiger partial charge in [0, 0.05) is 23.8 Å². The first kappa shape index (κ1) is 12.8. The number of rotatable bonds is 5. The number of aryl methyl sites for hydroxylation is 2. The molecule has 1 aliphatic rings. The van der Waals surface area contributed by atoms with Crippen LogP contribution in [0.5, 0.6) is 0 Å². The molecule has 1 atom stereocenters. The molecule has 2 aromatic rings. The summed E-state index contributed by atoms with van der Waals surface area (Å²) in [5.74, 6) is 2.11. The van der Waals surface area contributed by atoms with E-state index in [0.717, 1.165) is 44.1 Å². The molecule has 0 radical (unpaired) electrons. The molecule has 0 aliphatic carbocycles. The van der Waals surface area contributed by atoms with Crippen molar-refractivity contribution >= 4 is 11.3 Å². The molecule has 3 heterocycles. The molecular formula is C14H19N3OS. The molecule has 4 nitrogen and oxygen atoms in total. The molecular weight excluding hydrogens is 258 g/mol. The van der Waals surface area contributed by atoms with E-state index in [1.807, 2.05) is 11.3 Å². The van der Waals surface area contributed by atoms with Gasteiger partial charge in [-0.15, -0.1) is 11.3 Å². The number of thiophene rings is 1. The van der Waals surface area contributed by atoms with E-state index in [1.165, 1.54) is 17.7 Å². The maximum absolute atomic E-state index is 5.35. The molecule has 5 heteroatoms. The van der Waals surface area contributed by atoms with Crippen molar-refractivity contribution in [3.63, 3.8) is 0 Å². The van der Waals surface area contributed by atoms with Gasteiger partial charge < -0.3 is 9.84 Å². The molecule has 1 aliphatic heterocycles. The van der Waals surface area contributed by atoms with Crippen molar-refractivity contribution < 1.29 is 4.52 Å². The summed E-state index contributed by atoms with van der Waals surface area (Å²) in [5.41, 5.74) is 0. The normalized spacial score (nSPS) is 19.7. The minimum atomic E-state index is 0.434. The van der Waals surface area contributed by atoms with Crippen LogP contribution in [-0.2, 0) is 12.8 Å². The van der Waals surface area contributed by atoms with Crippen LogP contribution < -0.4 is 5.32 Å². The fraction of sp³-hybridized carbons (Fsp3) is 0.571. The van der Waals surface area contributed by atoms with Gasteiger partial charge in [-0.3, -0.25) is 0 Å². The second-order valence-electron chi connectivity index (χ2n) is 5.02.